The fraction of sp³-hybridized carbons (Fsp3) is 0.600. The Morgan fingerprint density at radius 1 is 1.21 bits per heavy atom. The highest BCUT2D eigenvalue weighted by atomic mass is 32.2. The van der Waals surface area contributed by atoms with Crippen LogP contribution < -0.4 is 5.32 Å². The molecule has 0 spiro atoms. The van der Waals surface area contributed by atoms with Gasteiger partial charge in [0.05, 0.1) is 5.25 Å². The highest BCUT2D eigenvalue weighted by Gasteiger charge is 2.29. The molecule has 0 radical (unpaired) electrons. The predicted molar refractivity (Wildman–Crippen MR) is 78.9 cm³/mol. The van der Waals surface area contributed by atoms with Crippen LogP contribution in [0.3, 0.4) is 0 Å². The van der Waals surface area contributed by atoms with E-state index in [0.29, 0.717) is 6.04 Å². The lowest BCUT2D eigenvalue weighted by molar-refractivity contribution is 0.346. The molecule has 2 rings (SSSR count). The molecule has 0 saturated heterocycles. The molecule has 1 saturated carbocycles. The van der Waals surface area contributed by atoms with Gasteiger partial charge in [0.1, 0.15) is 9.84 Å². The fourth-order valence-electron chi connectivity index (χ4n) is 2.88. The van der Waals surface area contributed by atoms with Crippen molar-refractivity contribution in [3.05, 3.63) is 35.9 Å². The van der Waals surface area contributed by atoms with Gasteiger partial charge in [-0.15, -0.1) is 0 Å². The van der Waals surface area contributed by atoms with Crippen molar-refractivity contribution in [2.45, 2.75) is 49.9 Å². The number of benzene rings is 1. The van der Waals surface area contributed by atoms with Gasteiger partial charge in [-0.05, 0) is 31.7 Å². The van der Waals surface area contributed by atoms with Gasteiger partial charge in [0.25, 0.3) is 0 Å². The maximum atomic E-state index is 11.7. The molecule has 3 unspecified atom stereocenters. The molecule has 1 aromatic carbocycles. The maximum absolute atomic E-state index is 11.7. The Balaban J connectivity index is 1.96. The van der Waals surface area contributed by atoms with Crippen LogP contribution in [0.2, 0.25) is 0 Å². The number of hydrogen-bond acceptors (Lipinski definition) is 3. The van der Waals surface area contributed by atoms with Crippen LogP contribution in [0.5, 0.6) is 0 Å². The average molecular weight is 281 g/mol. The van der Waals surface area contributed by atoms with Crippen LogP contribution in [0.1, 0.15) is 44.2 Å². The van der Waals surface area contributed by atoms with Crippen LogP contribution in [0.15, 0.2) is 30.3 Å². The number of rotatable bonds is 4. The number of sulfone groups is 1. The zero-order valence-corrected chi connectivity index (χ0v) is 12.5. The van der Waals surface area contributed by atoms with Crippen molar-refractivity contribution in [1.29, 1.82) is 0 Å². The normalized spacial score (nSPS) is 26.0. The van der Waals surface area contributed by atoms with Crippen molar-refractivity contribution in [2.75, 3.05) is 6.26 Å². The highest BCUT2D eigenvalue weighted by Crippen LogP contribution is 2.25. The Bertz CT molecular complexity index is 498. The van der Waals surface area contributed by atoms with Crippen LogP contribution in [-0.4, -0.2) is 26.0 Å². The molecule has 0 bridgehead atoms. The molecule has 1 aromatic rings. The van der Waals surface area contributed by atoms with E-state index in [0.717, 1.165) is 25.7 Å². The van der Waals surface area contributed by atoms with Gasteiger partial charge in [-0.1, -0.05) is 36.8 Å². The molecular weight excluding hydrogens is 258 g/mol. The topological polar surface area (TPSA) is 46.2 Å². The molecule has 1 aliphatic rings. The van der Waals surface area contributed by atoms with Crippen molar-refractivity contribution in [3.8, 4) is 0 Å². The smallest absolute Gasteiger partial charge is 0.150 e. The third kappa shape index (κ3) is 4.05. The first-order chi connectivity index (χ1) is 8.97. The van der Waals surface area contributed by atoms with Gasteiger partial charge < -0.3 is 5.32 Å². The molecular formula is C15H23NO2S. The van der Waals surface area contributed by atoms with Gasteiger partial charge in [-0.3, -0.25) is 0 Å². The van der Waals surface area contributed by atoms with E-state index in [4.69, 9.17) is 0 Å². The molecule has 19 heavy (non-hydrogen) atoms. The summed E-state index contributed by atoms with van der Waals surface area (Å²) in [5.74, 6) is 0. The van der Waals surface area contributed by atoms with Crippen molar-refractivity contribution in [2.24, 2.45) is 0 Å². The Kier molecular flexibility index (Phi) is 4.63. The summed E-state index contributed by atoms with van der Waals surface area (Å²) >= 11 is 0. The van der Waals surface area contributed by atoms with Gasteiger partial charge in [0.2, 0.25) is 0 Å². The van der Waals surface area contributed by atoms with Crippen LogP contribution in [0, 0.1) is 0 Å². The molecule has 1 N–H and O–H groups in total. The van der Waals surface area contributed by atoms with E-state index in [2.05, 4.69) is 24.4 Å². The van der Waals surface area contributed by atoms with E-state index in [1.807, 2.05) is 18.2 Å². The van der Waals surface area contributed by atoms with Gasteiger partial charge in [0, 0.05) is 18.3 Å². The summed E-state index contributed by atoms with van der Waals surface area (Å²) < 4.78 is 23.3. The molecule has 106 valence electrons. The quantitative estimate of drug-likeness (QED) is 0.923. The van der Waals surface area contributed by atoms with Crippen LogP contribution in [0.4, 0.5) is 0 Å². The largest absolute Gasteiger partial charge is 0.307 e. The second kappa shape index (κ2) is 6.06. The first-order valence-corrected chi connectivity index (χ1v) is 8.92. The molecule has 0 heterocycles. The molecule has 0 aliphatic heterocycles. The van der Waals surface area contributed by atoms with Gasteiger partial charge in [-0.25, -0.2) is 8.42 Å². The van der Waals surface area contributed by atoms with Gasteiger partial charge >= 0.3 is 0 Å². The van der Waals surface area contributed by atoms with Gasteiger partial charge in [-0.2, -0.15) is 0 Å². The second-order valence-corrected chi connectivity index (χ2v) is 7.94. The van der Waals surface area contributed by atoms with E-state index in [1.165, 1.54) is 11.8 Å². The zero-order chi connectivity index (χ0) is 13.9. The predicted octanol–water partition coefficient (Wildman–Crippen LogP) is 2.69. The van der Waals surface area contributed by atoms with Crippen LogP contribution >= 0.6 is 0 Å². The van der Waals surface area contributed by atoms with E-state index < -0.39 is 9.84 Å². The van der Waals surface area contributed by atoms with Crippen LogP contribution in [0.25, 0.3) is 0 Å². The fourth-order valence-corrected chi connectivity index (χ4v) is 4.05. The summed E-state index contributed by atoms with van der Waals surface area (Å²) in [5, 5.41) is 3.41. The minimum Gasteiger partial charge on any atom is -0.307 e. The van der Waals surface area contributed by atoms with Gasteiger partial charge in [0.15, 0.2) is 0 Å². The third-order valence-corrected chi connectivity index (χ3v) is 5.66. The summed E-state index contributed by atoms with van der Waals surface area (Å²) in [4.78, 5) is 0. The summed E-state index contributed by atoms with van der Waals surface area (Å²) in [6.45, 7) is 2.14. The summed E-state index contributed by atoms with van der Waals surface area (Å²) in [7, 11) is -2.90. The molecule has 0 amide bonds. The first kappa shape index (κ1) is 14.5. The van der Waals surface area contributed by atoms with E-state index in [-0.39, 0.29) is 11.3 Å². The molecule has 1 aliphatic carbocycles. The van der Waals surface area contributed by atoms with E-state index >= 15 is 0 Å². The Morgan fingerprint density at radius 3 is 2.53 bits per heavy atom. The number of nitrogens with one attached hydrogen (secondary N) is 1. The second-order valence-electron chi connectivity index (χ2n) is 5.61. The molecule has 0 aromatic heterocycles. The minimum atomic E-state index is -2.90. The lowest BCUT2D eigenvalue weighted by Crippen LogP contribution is -2.39. The first-order valence-electron chi connectivity index (χ1n) is 6.96. The SMILES string of the molecule is CC(NC1CCCC(S(C)(=O)=O)C1)c1ccccc1. The highest BCUT2D eigenvalue weighted by molar-refractivity contribution is 7.91. The number of hydrogen-bond donors (Lipinski definition) is 1. The van der Waals surface area contributed by atoms with Crippen molar-refractivity contribution >= 4 is 9.84 Å². The van der Waals surface area contributed by atoms with Crippen molar-refractivity contribution < 1.29 is 8.42 Å². The minimum absolute atomic E-state index is 0.165. The zero-order valence-electron chi connectivity index (χ0n) is 11.7. The molecule has 1 fully saturated rings. The summed E-state index contributed by atoms with van der Waals surface area (Å²) in [6, 6.07) is 10.9. The molecule has 3 nitrogen and oxygen atoms in total. The summed E-state index contributed by atoms with van der Waals surface area (Å²) in [6.07, 6.45) is 4.99. The van der Waals surface area contributed by atoms with Crippen molar-refractivity contribution in [3.63, 3.8) is 0 Å². The Morgan fingerprint density at radius 2 is 1.89 bits per heavy atom. The monoisotopic (exact) mass is 281 g/mol. The Labute approximate surface area is 116 Å². The Hall–Kier alpha value is -0.870. The van der Waals surface area contributed by atoms with Crippen molar-refractivity contribution in [1.82, 2.24) is 5.32 Å². The lowest BCUT2D eigenvalue weighted by Gasteiger charge is -2.31. The van der Waals surface area contributed by atoms with E-state index in [9.17, 15) is 8.42 Å². The summed E-state index contributed by atoms with van der Waals surface area (Å²) in [5.41, 5.74) is 1.25. The lowest BCUT2D eigenvalue weighted by atomic mass is 9.93. The van der Waals surface area contributed by atoms with Crippen LogP contribution in [-0.2, 0) is 9.84 Å². The molecule has 4 heteroatoms. The third-order valence-electron chi connectivity index (χ3n) is 4.02. The van der Waals surface area contributed by atoms with E-state index in [1.54, 1.807) is 0 Å². The maximum Gasteiger partial charge on any atom is 0.150 e. The average Bonchev–Trinajstić information content (AvgIpc) is 2.39. The molecule has 3 atom stereocenters. The standard InChI is InChI=1S/C15H23NO2S/c1-12(13-7-4-3-5-8-13)16-14-9-6-10-15(11-14)19(2,17)18/h3-5,7-8,12,14-16H,6,9-11H2,1-2H3.